The predicted molar refractivity (Wildman–Crippen MR) is 57.5 cm³/mol. The molecular weight excluding hydrogens is 175 g/mol. The summed E-state index contributed by atoms with van der Waals surface area (Å²) >= 11 is 0. The van der Waals surface area contributed by atoms with Gasteiger partial charge in [0.05, 0.1) is 0 Å². The Morgan fingerprint density at radius 3 is 2.43 bits per heavy atom. The fourth-order valence-corrected chi connectivity index (χ4v) is 1.96. The number of benzene rings is 1. The summed E-state index contributed by atoms with van der Waals surface area (Å²) in [5.41, 5.74) is 2.14. The van der Waals surface area contributed by atoms with E-state index in [1.807, 2.05) is 18.2 Å². The molecular formula is C13H15F. The highest BCUT2D eigenvalue weighted by Crippen LogP contribution is 2.25. The van der Waals surface area contributed by atoms with Crippen LogP contribution in [0.1, 0.15) is 37.7 Å². The summed E-state index contributed by atoms with van der Waals surface area (Å²) < 4.78 is 13.3. The fourth-order valence-electron chi connectivity index (χ4n) is 1.96. The Labute approximate surface area is 84.5 Å². The van der Waals surface area contributed by atoms with Crippen LogP contribution in [0.2, 0.25) is 0 Å². The molecule has 0 atom stereocenters. The average Bonchev–Trinajstić information content (AvgIpc) is 2.23. The maximum atomic E-state index is 13.3. The monoisotopic (exact) mass is 190 g/mol. The van der Waals surface area contributed by atoms with Gasteiger partial charge in [0.15, 0.2) is 0 Å². The van der Waals surface area contributed by atoms with Crippen molar-refractivity contribution in [3.05, 3.63) is 41.2 Å². The molecule has 0 nitrogen and oxygen atoms in total. The molecule has 1 fully saturated rings. The molecule has 0 spiro atoms. The van der Waals surface area contributed by atoms with Gasteiger partial charge in [-0.25, -0.2) is 4.39 Å². The van der Waals surface area contributed by atoms with E-state index in [1.165, 1.54) is 30.9 Å². The molecule has 0 radical (unpaired) electrons. The van der Waals surface area contributed by atoms with Gasteiger partial charge in [-0.1, -0.05) is 36.3 Å². The third-order valence-electron chi connectivity index (χ3n) is 2.76. The Bertz CT molecular complexity index is 331. The minimum atomic E-state index is -0.106. The third-order valence-corrected chi connectivity index (χ3v) is 2.76. The maximum absolute atomic E-state index is 13.3. The molecule has 0 unspecified atom stereocenters. The molecule has 74 valence electrons. The summed E-state index contributed by atoms with van der Waals surface area (Å²) in [5, 5.41) is 0. The molecule has 2 rings (SSSR count). The zero-order chi connectivity index (χ0) is 9.80. The predicted octanol–water partition coefficient (Wildman–Crippen LogP) is 4.17. The molecule has 0 heterocycles. The summed E-state index contributed by atoms with van der Waals surface area (Å²) in [6.45, 7) is 0. The SMILES string of the molecule is Fc1ccccc1C=C1CCCCC1. The highest BCUT2D eigenvalue weighted by Gasteiger charge is 2.06. The van der Waals surface area contributed by atoms with Crippen LogP contribution in [0.4, 0.5) is 4.39 Å². The number of halogens is 1. The molecule has 1 aromatic rings. The van der Waals surface area contributed by atoms with Gasteiger partial charge in [-0.15, -0.1) is 0 Å². The van der Waals surface area contributed by atoms with Crippen molar-refractivity contribution in [3.63, 3.8) is 0 Å². The van der Waals surface area contributed by atoms with E-state index in [9.17, 15) is 4.39 Å². The van der Waals surface area contributed by atoms with E-state index in [4.69, 9.17) is 0 Å². The van der Waals surface area contributed by atoms with Gasteiger partial charge in [-0.3, -0.25) is 0 Å². The Kier molecular flexibility index (Phi) is 2.97. The minimum Gasteiger partial charge on any atom is -0.206 e. The van der Waals surface area contributed by atoms with Crippen molar-refractivity contribution < 1.29 is 4.39 Å². The zero-order valence-electron chi connectivity index (χ0n) is 8.30. The van der Waals surface area contributed by atoms with E-state index in [0.29, 0.717) is 0 Å². The molecule has 0 amide bonds. The van der Waals surface area contributed by atoms with Crippen LogP contribution in [0.15, 0.2) is 29.8 Å². The highest BCUT2D eigenvalue weighted by atomic mass is 19.1. The molecule has 1 aliphatic rings. The van der Waals surface area contributed by atoms with Crippen molar-refractivity contribution in [1.29, 1.82) is 0 Å². The zero-order valence-corrected chi connectivity index (χ0v) is 8.30. The summed E-state index contributed by atoms with van der Waals surface area (Å²) in [5.74, 6) is -0.106. The second-order valence-corrected chi connectivity index (χ2v) is 3.88. The molecule has 0 bridgehead atoms. The van der Waals surface area contributed by atoms with Crippen molar-refractivity contribution in [2.75, 3.05) is 0 Å². The first kappa shape index (κ1) is 9.45. The van der Waals surface area contributed by atoms with Crippen LogP contribution >= 0.6 is 0 Å². The van der Waals surface area contributed by atoms with Crippen LogP contribution in [-0.2, 0) is 0 Å². The average molecular weight is 190 g/mol. The van der Waals surface area contributed by atoms with E-state index in [2.05, 4.69) is 0 Å². The van der Waals surface area contributed by atoms with Crippen LogP contribution in [-0.4, -0.2) is 0 Å². The Morgan fingerprint density at radius 1 is 1.00 bits per heavy atom. The molecule has 1 saturated carbocycles. The number of rotatable bonds is 1. The van der Waals surface area contributed by atoms with Gasteiger partial charge >= 0.3 is 0 Å². The largest absolute Gasteiger partial charge is 0.206 e. The molecule has 14 heavy (non-hydrogen) atoms. The van der Waals surface area contributed by atoms with Crippen molar-refractivity contribution >= 4 is 6.08 Å². The molecule has 0 saturated heterocycles. The lowest BCUT2D eigenvalue weighted by atomic mass is 9.93. The molecule has 0 aliphatic heterocycles. The lowest BCUT2D eigenvalue weighted by Gasteiger charge is -2.13. The fraction of sp³-hybridized carbons (Fsp3) is 0.385. The van der Waals surface area contributed by atoms with Crippen molar-refractivity contribution in [3.8, 4) is 0 Å². The van der Waals surface area contributed by atoms with Crippen LogP contribution < -0.4 is 0 Å². The van der Waals surface area contributed by atoms with E-state index in [0.717, 1.165) is 18.4 Å². The minimum absolute atomic E-state index is 0.106. The Hall–Kier alpha value is -1.11. The summed E-state index contributed by atoms with van der Waals surface area (Å²) in [4.78, 5) is 0. The van der Waals surface area contributed by atoms with Crippen LogP contribution in [0.25, 0.3) is 6.08 Å². The topological polar surface area (TPSA) is 0 Å². The summed E-state index contributed by atoms with van der Waals surface area (Å²) in [6, 6.07) is 6.99. The van der Waals surface area contributed by atoms with E-state index < -0.39 is 0 Å². The van der Waals surface area contributed by atoms with E-state index in [1.54, 1.807) is 6.07 Å². The lowest BCUT2D eigenvalue weighted by molar-refractivity contribution is 0.600. The first-order valence-corrected chi connectivity index (χ1v) is 5.30. The van der Waals surface area contributed by atoms with Crippen molar-refractivity contribution in [2.24, 2.45) is 0 Å². The molecule has 1 aromatic carbocycles. The standard InChI is InChI=1S/C13H15F/c14-13-9-5-4-8-12(13)10-11-6-2-1-3-7-11/h4-5,8-10H,1-3,6-7H2. The molecule has 1 heteroatoms. The van der Waals surface area contributed by atoms with Gasteiger partial charge in [-0.2, -0.15) is 0 Å². The second-order valence-electron chi connectivity index (χ2n) is 3.88. The summed E-state index contributed by atoms with van der Waals surface area (Å²) in [7, 11) is 0. The quantitative estimate of drug-likeness (QED) is 0.623. The van der Waals surface area contributed by atoms with Gasteiger partial charge < -0.3 is 0 Å². The van der Waals surface area contributed by atoms with Gasteiger partial charge in [0.25, 0.3) is 0 Å². The van der Waals surface area contributed by atoms with Crippen molar-refractivity contribution in [1.82, 2.24) is 0 Å². The maximum Gasteiger partial charge on any atom is 0.130 e. The molecule has 0 N–H and O–H groups in total. The van der Waals surface area contributed by atoms with Crippen LogP contribution in [0.5, 0.6) is 0 Å². The second kappa shape index (κ2) is 4.41. The Balaban J connectivity index is 2.19. The molecule has 1 aliphatic carbocycles. The number of allylic oxidation sites excluding steroid dienone is 1. The van der Waals surface area contributed by atoms with Gasteiger partial charge in [0.1, 0.15) is 5.82 Å². The van der Waals surface area contributed by atoms with Crippen LogP contribution in [0, 0.1) is 5.82 Å². The first-order valence-electron chi connectivity index (χ1n) is 5.30. The van der Waals surface area contributed by atoms with Crippen molar-refractivity contribution in [2.45, 2.75) is 32.1 Å². The highest BCUT2D eigenvalue weighted by molar-refractivity contribution is 5.53. The van der Waals surface area contributed by atoms with Gasteiger partial charge in [0, 0.05) is 5.56 Å². The Morgan fingerprint density at radius 2 is 1.71 bits per heavy atom. The third kappa shape index (κ3) is 2.22. The van der Waals surface area contributed by atoms with Crippen LogP contribution in [0.3, 0.4) is 0 Å². The van der Waals surface area contributed by atoms with Gasteiger partial charge in [-0.05, 0) is 31.7 Å². The smallest absolute Gasteiger partial charge is 0.130 e. The lowest BCUT2D eigenvalue weighted by Crippen LogP contribution is -1.93. The first-order chi connectivity index (χ1) is 6.86. The van der Waals surface area contributed by atoms with E-state index in [-0.39, 0.29) is 5.82 Å². The summed E-state index contributed by atoms with van der Waals surface area (Å²) in [6.07, 6.45) is 8.17. The molecule has 0 aromatic heterocycles. The number of hydrogen-bond acceptors (Lipinski definition) is 0. The van der Waals surface area contributed by atoms with E-state index >= 15 is 0 Å². The van der Waals surface area contributed by atoms with Gasteiger partial charge in [0.2, 0.25) is 0 Å². The number of hydrogen-bond donors (Lipinski definition) is 0. The normalized spacial score (nSPS) is 16.8.